The van der Waals surface area contributed by atoms with Crippen LogP contribution in [0, 0.1) is 0 Å². The summed E-state index contributed by atoms with van der Waals surface area (Å²) >= 11 is 0. The maximum Gasteiger partial charge on any atom is 0.151 e. The van der Waals surface area contributed by atoms with E-state index >= 15 is 0 Å². The molecule has 0 amide bonds. The molecule has 6 nitrogen and oxygen atoms in total. The SMILES string of the molecule is c1ccc(-n2ncnc2[C@@H]2COCCN2CCc2ccccn2)cc1. The summed E-state index contributed by atoms with van der Waals surface area (Å²) in [5.74, 6) is 0.923. The zero-order chi connectivity index (χ0) is 16.9. The molecule has 1 aromatic carbocycles. The third kappa shape index (κ3) is 3.60. The molecule has 0 radical (unpaired) electrons. The van der Waals surface area contributed by atoms with E-state index < -0.39 is 0 Å². The molecule has 3 heterocycles. The Labute approximate surface area is 147 Å². The number of benzene rings is 1. The number of hydrogen-bond donors (Lipinski definition) is 0. The summed E-state index contributed by atoms with van der Waals surface area (Å²) in [5, 5.41) is 4.43. The molecule has 2 aromatic heterocycles. The summed E-state index contributed by atoms with van der Waals surface area (Å²) in [6.45, 7) is 3.19. The van der Waals surface area contributed by atoms with E-state index in [1.54, 1.807) is 6.33 Å². The van der Waals surface area contributed by atoms with E-state index in [1.165, 1.54) is 0 Å². The molecular weight excluding hydrogens is 314 g/mol. The van der Waals surface area contributed by atoms with Crippen LogP contribution in [0.4, 0.5) is 0 Å². The van der Waals surface area contributed by atoms with Crippen LogP contribution in [-0.4, -0.2) is 51.0 Å². The molecular formula is C19H21N5O. The molecule has 25 heavy (non-hydrogen) atoms. The standard InChI is InChI=1S/C19H21N5O/c1-2-7-17(8-3-1)24-19(21-15-22-24)18-14-25-13-12-23(18)11-9-16-6-4-5-10-20-16/h1-8,10,15,18H,9,11-14H2/t18-/m0/s1. The predicted molar refractivity (Wildman–Crippen MR) is 94.4 cm³/mol. The van der Waals surface area contributed by atoms with Crippen LogP contribution in [0.15, 0.2) is 61.1 Å². The summed E-state index contributed by atoms with van der Waals surface area (Å²) in [6.07, 6.45) is 4.38. The number of rotatable bonds is 5. The first-order valence-corrected chi connectivity index (χ1v) is 8.59. The third-order valence-electron chi connectivity index (χ3n) is 4.49. The zero-order valence-electron chi connectivity index (χ0n) is 14.0. The summed E-state index contributed by atoms with van der Waals surface area (Å²) in [6, 6.07) is 16.3. The van der Waals surface area contributed by atoms with Gasteiger partial charge in [0.15, 0.2) is 5.82 Å². The quantitative estimate of drug-likeness (QED) is 0.716. The van der Waals surface area contributed by atoms with Crippen LogP contribution >= 0.6 is 0 Å². The van der Waals surface area contributed by atoms with E-state index in [4.69, 9.17) is 4.74 Å². The lowest BCUT2D eigenvalue weighted by atomic mass is 10.1. The van der Waals surface area contributed by atoms with E-state index in [1.807, 2.05) is 53.3 Å². The van der Waals surface area contributed by atoms with Crippen LogP contribution in [0.2, 0.25) is 0 Å². The van der Waals surface area contributed by atoms with E-state index in [0.29, 0.717) is 6.61 Å². The van der Waals surface area contributed by atoms with Gasteiger partial charge in [0.25, 0.3) is 0 Å². The molecule has 0 N–H and O–H groups in total. The van der Waals surface area contributed by atoms with Crippen molar-refractivity contribution in [1.82, 2.24) is 24.6 Å². The number of nitrogens with zero attached hydrogens (tertiary/aromatic N) is 5. The lowest BCUT2D eigenvalue weighted by Gasteiger charge is -2.34. The van der Waals surface area contributed by atoms with Gasteiger partial charge in [-0.25, -0.2) is 9.67 Å². The average Bonchev–Trinajstić information content (AvgIpc) is 3.18. The average molecular weight is 335 g/mol. The number of pyridine rings is 1. The first kappa shape index (κ1) is 15.9. The van der Waals surface area contributed by atoms with Crippen molar-refractivity contribution in [3.63, 3.8) is 0 Å². The van der Waals surface area contributed by atoms with Gasteiger partial charge in [-0.2, -0.15) is 5.10 Å². The van der Waals surface area contributed by atoms with Crippen LogP contribution < -0.4 is 0 Å². The zero-order valence-corrected chi connectivity index (χ0v) is 14.0. The summed E-state index contributed by atoms with van der Waals surface area (Å²) in [7, 11) is 0. The molecule has 4 rings (SSSR count). The van der Waals surface area contributed by atoms with Crippen molar-refractivity contribution >= 4 is 0 Å². The minimum Gasteiger partial charge on any atom is -0.378 e. The minimum absolute atomic E-state index is 0.0974. The van der Waals surface area contributed by atoms with Crippen LogP contribution in [0.3, 0.4) is 0 Å². The van der Waals surface area contributed by atoms with Crippen molar-refractivity contribution in [1.29, 1.82) is 0 Å². The van der Waals surface area contributed by atoms with Crippen LogP contribution in [0.1, 0.15) is 17.6 Å². The summed E-state index contributed by atoms with van der Waals surface area (Å²) < 4.78 is 7.65. The highest BCUT2D eigenvalue weighted by Gasteiger charge is 2.28. The van der Waals surface area contributed by atoms with E-state index in [0.717, 1.165) is 43.3 Å². The lowest BCUT2D eigenvalue weighted by Crippen LogP contribution is -2.41. The van der Waals surface area contributed by atoms with Gasteiger partial charge in [-0.1, -0.05) is 24.3 Å². The second kappa shape index (κ2) is 7.55. The van der Waals surface area contributed by atoms with Crippen molar-refractivity contribution < 1.29 is 4.74 Å². The molecule has 0 unspecified atom stereocenters. The van der Waals surface area contributed by atoms with Gasteiger partial charge in [0.1, 0.15) is 6.33 Å². The number of hydrogen-bond acceptors (Lipinski definition) is 5. The maximum atomic E-state index is 5.74. The van der Waals surface area contributed by atoms with Gasteiger partial charge >= 0.3 is 0 Å². The number of para-hydroxylation sites is 1. The molecule has 0 spiro atoms. The fourth-order valence-corrected chi connectivity index (χ4v) is 3.19. The second-order valence-electron chi connectivity index (χ2n) is 6.06. The number of ether oxygens (including phenoxy) is 1. The smallest absolute Gasteiger partial charge is 0.151 e. The highest BCUT2D eigenvalue weighted by Crippen LogP contribution is 2.24. The molecule has 6 heteroatoms. The molecule has 1 atom stereocenters. The molecule has 1 aliphatic rings. The molecule has 1 saturated heterocycles. The fourth-order valence-electron chi connectivity index (χ4n) is 3.19. The van der Waals surface area contributed by atoms with Gasteiger partial charge in [0.2, 0.25) is 0 Å². The normalized spacial score (nSPS) is 18.3. The van der Waals surface area contributed by atoms with Crippen molar-refractivity contribution in [2.75, 3.05) is 26.3 Å². The van der Waals surface area contributed by atoms with Gasteiger partial charge in [-0.3, -0.25) is 9.88 Å². The monoisotopic (exact) mass is 335 g/mol. The van der Waals surface area contributed by atoms with Gasteiger partial charge in [0, 0.05) is 31.4 Å². The molecule has 1 fully saturated rings. The first-order valence-electron chi connectivity index (χ1n) is 8.59. The van der Waals surface area contributed by atoms with Crippen molar-refractivity contribution in [2.45, 2.75) is 12.5 Å². The number of aromatic nitrogens is 4. The third-order valence-corrected chi connectivity index (χ3v) is 4.49. The highest BCUT2D eigenvalue weighted by atomic mass is 16.5. The molecule has 0 bridgehead atoms. The highest BCUT2D eigenvalue weighted by molar-refractivity contribution is 5.31. The Bertz CT molecular complexity index is 790. The van der Waals surface area contributed by atoms with E-state index in [9.17, 15) is 0 Å². The van der Waals surface area contributed by atoms with E-state index in [2.05, 4.69) is 26.0 Å². The van der Waals surface area contributed by atoms with Crippen LogP contribution in [0.5, 0.6) is 0 Å². The Morgan fingerprint density at radius 3 is 2.76 bits per heavy atom. The molecule has 0 aliphatic carbocycles. The Hall–Kier alpha value is -2.57. The van der Waals surface area contributed by atoms with Gasteiger partial charge in [-0.15, -0.1) is 0 Å². The Kier molecular flexibility index (Phi) is 4.81. The van der Waals surface area contributed by atoms with Gasteiger partial charge < -0.3 is 4.74 Å². The van der Waals surface area contributed by atoms with Crippen molar-refractivity contribution in [3.8, 4) is 5.69 Å². The summed E-state index contributed by atoms with van der Waals surface area (Å²) in [4.78, 5) is 11.4. The Morgan fingerprint density at radius 2 is 1.92 bits per heavy atom. The first-order chi connectivity index (χ1) is 12.4. The number of morpholine rings is 1. The maximum absolute atomic E-state index is 5.74. The van der Waals surface area contributed by atoms with Crippen LogP contribution in [0.25, 0.3) is 5.69 Å². The van der Waals surface area contributed by atoms with Gasteiger partial charge in [0.05, 0.1) is 24.9 Å². The predicted octanol–water partition coefficient (Wildman–Crippen LogP) is 2.28. The van der Waals surface area contributed by atoms with Crippen molar-refractivity contribution in [2.24, 2.45) is 0 Å². The van der Waals surface area contributed by atoms with E-state index in [-0.39, 0.29) is 6.04 Å². The molecule has 128 valence electrons. The van der Waals surface area contributed by atoms with Crippen LogP contribution in [-0.2, 0) is 11.2 Å². The second-order valence-corrected chi connectivity index (χ2v) is 6.06. The molecule has 1 aliphatic heterocycles. The van der Waals surface area contributed by atoms with Crippen molar-refractivity contribution in [3.05, 3.63) is 72.6 Å². The Morgan fingerprint density at radius 1 is 1.04 bits per heavy atom. The van der Waals surface area contributed by atoms with Gasteiger partial charge in [-0.05, 0) is 24.3 Å². The topological polar surface area (TPSA) is 56.1 Å². The lowest BCUT2D eigenvalue weighted by molar-refractivity contribution is -0.0119. The minimum atomic E-state index is 0.0974. The fraction of sp³-hybridized carbons (Fsp3) is 0.316. The molecule has 3 aromatic rings. The Balaban J connectivity index is 1.55. The molecule has 0 saturated carbocycles. The largest absolute Gasteiger partial charge is 0.378 e. The summed E-state index contributed by atoms with van der Waals surface area (Å²) in [5.41, 5.74) is 2.13.